The number of fused-ring (bicyclic) bond motifs is 1. The van der Waals surface area contributed by atoms with Gasteiger partial charge in [0.15, 0.2) is 11.5 Å². The Labute approximate surface area is 206 Å². The maximum atomic E-state index is 14.7. The van der Waals surface area contributed by atoms with Gasteiger partial charge in [0.25, 0.3) is 0 Å². The van der Waals surface area contributed by atoms with Crippen LogP contribution in [0.2, 0.25) is 0 Å². The van der Waals surface area contributed by atoms with E-state index in [1.807, 2.05) is 0 Å². The van der Waals surface area contributed by atoms with Crippen LogP contribution in [0.25, 0.3) is 10.9 Å². The van der Waals surface area contributed by atoms with Crippen LogP contribution in [-0.4, -0.2) is 56.3 Å². The number of rotatable bonds is 9. The smallest absolute Gasteiger partial charge is 0.419 e. The van der Waals surface area contributed by atoms with Gasteiger partial charge in [0.2, 0.25) is 10.0 Å². The van der Waals surface area contributed by atoms with Gasteiger partial charge in [0.1, 0.15) is 24.1 Å². The van der Waals surface area contributed by atoms with Crippen LogP contribution in [0.5, 0.6) is 11.5 Å². The molecule has 0 fully saturated rings. The van der Waals surface area contributed by atoms with Gasteiger partial charge in [-0.3, -0.25) is 0 Å². The molecule has 8 nitrogen and oxygen atoms in total. The number of nitrogens with one attached hydrogen (secondary N) is 1. The van der Waals surface area contributed by atoms with Gasteiger partial charge in [0.05, 0.1) is 30.5 Å². The van der Waals surface area contributed by atoms with E-state index in [-0.39, 0.29) is 30.3 Å². The van der Waals surface area contributed by atoms with Crippen LogP contribution in [-0.2, 0) is 16.2 Å². The van der Waals surface area contributed by atoms with Gasteiger partial charge in [-0.2, -0.15) is 13.2 Å². The molecule has 0 aliphatic rings. The Morgan fingerprint density at radius 3 is 2.47 bits per heavy atom. The first kappa shape index (κ1) is 27.4. The number of likely N-dealkylation sites (N-methyl/N-ethyl adjacent to an activating group) is 1. The summed E-state index contributed by atoms with van der Waals surface area (Å²) < 4.78 is 89.7. The molecule has 1 heterocycles. The van der Waals surface area contributed by atoms with E-state index >= 15 is 0 Å². The Bertz CT molecular complexity index is 1370. The lowest BCUT2D eigenvalue weighted by Gasteiger charge is -2.20. The summed E-state index contributed by atoms with van der Waals surface area (Å²) in [5.74, 6) is -0.124. The van der Waals surface area contributed by atoms with Gasteiger partial charge < -0.3 is 14.8 Å². The number of alkyl halides is 3. The second-order valence-electron chi connectivity index (χ2n) is 8.15. The van der Waals surface area contributed by atoms with Crippen LogP contribution in [0.3, 0.4) is 0 Å². The summed E-state index contributed by atoms with van der Waals surface area (Å²) in [7, 11) is -0.531. The molecule has 3 rings (SSSR count). The van der Waals surface area contributed by atoms with E-state index in [0.717, 1.165) is 16.6 Å². The van der Waals surface area contributed by atoms with E-state index in [9.17, 15) is 26.0 Å². The zero-order valence-electron chi connectivity index (χ0n) is 20.3. The highest BCUT2D eigenvalue weighted by molar-refractivity contribution is 7.88. The molecule has 3 aromatic rings. The van der Waals surface area contributed by atoms with E-state index in [2.05, 4.69) is 15.3 Å². The number of methoxy groups -OCH3 is 1. The van der Waals surface area contributed by atoms with Crippen molar-refractivity contribution >= 4 is 26.7 Å². The summed E-state index contributed by atoms with van der Waals surface area (Å²) in [6.07, 6.45) is -3.75. The summed E-state index contributed by atoms with van der Waals surface area (Å²) in [4.78, 5) is 8.73. The van der Waals surface area contributed by atoms with Crippen molar-refractivity contribution in [2.75, 3.05) is 38.9 Å². The van der Waals surface area contributed by atoms with Crippen LogP contribution in [0.15, 0.2) is 30.3 Å². The van der Waals surface area contributed by atoms with Crippen molar-refractivity contribution in [3.63, 3.8) is 0 Å². The van der Waals surface area contributed by atoms with Gasteiger partial charge in [0, 0.05) is 30.6 Å². The number of halogens is 4. The third kappa shape index (κ3) is 6.13. The Morgan fingerprint density at radius 1 is 1.17 bits per heavy atom. The standard InChI is InChI=1S/C23H26F4N4O4S/c1-13(15-7-6-8-17(21(15)24)23(25,26)27)28-22-16-11-20(35-10-9-31(3)36(5,32)33)19(34-4)12-18(16)29-14(2)30-22/h6-8,11-13H,9-10H2,1-5H3,(H,28,29,30)/t13-/m1/s1. The Balaban J connectivity index is 1.97. The van der Waals surface area contributed by atoms with E-state index in [4.69, 9.17) is 9.47 Å². The first-order chi connectivity index (χ1) is 16.7. The average Bonchev–Trinajstić information content (AvgIpc) is 2.77. The van der Waals surface area contributed by atoms with Crippen LogP contribution in [0, 0.1) is 12.7 Å². The molecule has 0 radical (unpaired) electrons. The van der Waals surface area contributed by atoms with Crippen molar-refractivity contribution in [3.8, 4) is 11.5 Å². The Hall–Kier alpha value is -3.19. The monoisotopic (exact) mass is 530 g/mol. The third-order valence-electron chi connectivity index (χ3n) is 5.48. The van der Waals surface area contributed by atoms with Gasteiger partial charge in [-0.25, -0.2) is 27.1 Å². The lowest BCUT2D eigenvalue weighted by Crippen LogP contribution is -2.29. The van der Waals surface area contributed by atoms with E-state index in [1.54, 1.807) is 19.1 Å². The molecular weight excluding hydrogens is 504 g/mol. The highest BCUT2D eigenvalue weighted by Crippen LogP contribution is 2.37. The second-order valence-corrected chi connectivity index (χ2v) is 10.2. The molecule has 1 N–H and O–H groups in total. The van der Waals surface area contributed by atoms with Crippen molar-refractivity contribution in [3.05, 3.63) is 53.1 Å². The number of anilines is 1. The minimum absolute atomic E-state index is 0.0206. The quantitative estimate of drug-likeness (QED) is 0.406. The number of hydrogen-bond acceptors (Lipinski definition) is 7. The normalized spacial score (nSPS) is 13.2. The zero-order chi connectivity index (χ0) is 26.8. The number of ether oxygens (including phenoxy) is 2. The Morgan fingerprint density at radius 2 is 1.86 bits per heavy atom. The molecule has 2 aromatic carbocycles. The summed E-state index contributed by atoms with van der Waals surface area (Å²) >= 11 is 0. The average molecular weight is 531 g/mol. The number of hydrogen-bond donors (Lipinski definition) is 1. The first-order valence-electron chi connectivity index (χ1n) is 10.7. The largest absolute Gasteiger partial charge is 0.493 e. The Kier molecular flexibility index (Phi) is 7.94. The fourth-order valence-electron chi connectivity index (χ4n) is 3.47. The molecule has 0 aliphatic carbocycles. The first-order valence-corrected chi connectivity index (χ1v) is 12.6. The molecular formula is C23H26F4N4O4S. The lowest BCUT2D eigenvalue weighted by molar-refractivity contribution is -0.140. The molecule has 0 unspecified atom stereocenters. The number of aromatic nitrogens is 2. The summed E-state index contributed by atoms with van der Waals surface area (Å²) in [6, 6.07) is 5.40. The summed E-state index contributed by atoms with van der Waals surface area (Å²) in [5, 5.41) is 3.43. The van der Waals surface area contributed by atoms with Crippen LogP contribution in [0.4, 0.5) is 23.4 Å². The van der Waals surface area contributed by atoms with Gasteiger partial charge in [-0.15, -0.1) is 0 Å². The van der Waals surface area contributed by atoms with Gasteiger partial charge in [-0.1, -0.05) is 12.1 Å². The van der Waals surface area contributed by atoms with Crippen molar-refractivity contribution in [2.45, 2.75) is 26.1 Å². The topological polar surface area (TPSA) is 93.7 Å². The molecule has 0 saturated heterocycles. The minimum atomic E-state index is -4.83. The molecule has 1 atom stereocenters. The van der Waals surface area contributed by atoms with Crippen molar-refractivity contribution in [1.29, 1.82) is 0 Å². The lowest BCUT2D eigenvalue weighted by atomic mass is 10.0. The predicted octanol–water partition coefficient (Wildman–Crippen LogP) is 4.55. The molecule has 36 heavy (non-hydrogen) atoms. The fourth-order valence-corrected chi connectivity index (χ4v) is 3.88. The zero-order valence-corrected chi connectivity index (χ0v) is 21.1. The van der Waals surface area contributed by atoms with Crippen molar-refractivity contribution in [1.82, 2.24) is 14.3 Å². The summed E-state index contributed by atoms with van der Waals surface area (Å²) in [5.41, 5.74) is -1.07. The van der Waals surface area contributed by atoms with Crippen LogP contribution < -0.4 is 14.8 Å². The number of nitrogens with zero attached hydrogens (tertiary/aromatic N) is 3. The predicted molar refractivity (Wildman–Crippen MR) is 127 cm³/mol. The minimum Gasteiger partial charge on any atom is -0.493 e. The molecule has 0 amide bonds. The molecule has 196 valence electrons. The van der Waals surface area contributed by atoms with Crippen molar-refractivity contribution in [2.24, 2.45) is 0 Å². The highest BCUT2D eigenvalue weighted by atomic mass is 32.2. The fraction of sp³-hybridized carbons (Fsp3) is 0.391. The second kappa shape index (κ2) is 10.4. The van der Waals surface area contributed by atoms with Crippen molar-refractivity contribution < 1.29 is 35.5 Å². The molecule has 0 bridgehead atoms. The van der Waals surface area contributed by atoms with E-state index < -0.39 is 33.6 Å². The van der Waals surface area contributed by atoms with Gasteiger partial charge >= 0.3 is 6.18 Å². The maximum Gasteiger partial charge on any atom is 0.419 e. The van der Waals surface area contributed by atoms with Crippen LogP contribution in [0.1, 0.15) is 29.9 Å². The van der Waals surface area contributed by atoms with Gasteiger partial charge in [-0.05, 0) is 26.0 Å². The molecule has 13 heteroatoms. The molecule has 0 saturated carbocycles. The molecule has 0 spiro atoms. The van der Waals surface area contributed by atoms with E-state index in [1.165, 1.54) is 27.1 Å². The maximum absolute atomic E-state index is 14.7. The SMILES string of the molecule is COc1cc2nc(C)nc(N[C@H](C)c3cccc(C(F)(F)F)c3F)c2cc1OCCN(C)S(C)(=O)=O. The van der Waals surface area contributed by atoms with E-state index in [0.29, 0.717) is 28.5 Å². The summed E-state index contributed by atoms with van der Waals surface area (Å²) in [6.45, 7) is 3.26. The number of aryl methyl sites for hydroxylation is 1. The number of benzene rings is 2. The molecule has 0 aliphatic heterocycles. The van der Waals surface area contributed by atoms with Crippen LogP contribution >= 0.6 is 0 Å². The third-order valence-corrected chi connectivity index (χ3v) is 6.79. The number of sulfonamides is 1. The molecule has 1 aromatic heterocycles. The highest BCUT2D eigenvalue weighted by Gasteiger charge is 2.35.